The Kier molecular flexibility index (Phi) is 3.84. The molecule has 0 spiro atoms. The summed E-state index contributed by atoms with van der Waals surface area (Å²) in [6.07, 6.45) is 4.97. The normalized spacial score (nSPS) is 20.1. The molecule has 0 bridgehead atoms. The van der Waals surface area contributed by atoms with Gasteiger partial charge in [-0.3, -0.25) is 0 Å². The van der Waals surface area contributed by atoms with Gasteiger partial charge in [0.1, 0.15) is 10.2 Å². The van der Waals surface area contributed by atoms with Crippen LogP contribution < -0.4 is 0 Å². The summed E-state index contributed by atoms with van der Waals surface area (Å²) in [5.74, 6) is 0. The zero-order valence-electron chi connectivity index (χ0n) is 10.3. The number of ether oxygens (including phenoxy) is 1. The third kappa shape index (κ3) is 2.42. The summed E-state index contributed by atoms with van der Waals surface area (Å²) in [6.45, 7) is 0.743. The Bertz CT molecular complexity index is 612. The molecule has 1 atom stereocenters. The van der Waals surface area contributed by atoms with Crippen LogP contribution in [0.25, 0.3) is 11.0 Å². The number of hydrogen-bond donors (Lipinski definition) is 0. The maximum Gasteiger partial charge on any atom is 0.225 e. The number of hydrogen-bond acceptors (Lipinski definition) is 5. The molecule has 0 saturated carbocycles. The molecule has 2 aromatic rings. The summed E-state index contributed by atoms with van der Waals surface area (Å²) in [4.78, 5) is 8.24. The van der Waals surface area contributed by atoms with Crippen LogP contribution in [0, 0.1) is 0 Å². The van der Waals surface area contributed by atoms with Gasteiger partial charge in [0.05, 0.1) is 5.39 Å². The van der Waals surface area contributed by atoms with E-state index in [4.69, 9.17) is 27.9 Å². The third-order valence-corrected chi connectivity index (χ3v) is 4.18. The minimum absolute atomic E-state index is 0.0980. The van der Waals surface area contributed by atoms with Crippen LogP contribution in [0.1, 0.15) is 25.5 Å². The third-order valence-electron chi connectivity index (χ3n) is 3.07. The summed E-state index contributed by atoms with van der Waals surface area (Å²) >= 11 is 13.6. The SMILES string of the molecule is CSc1nn(C2CCCCO2)c2nc(Cl)nc(Cl)c12. The molecule has 5 nitrogen and oxygen atoms in total. The van der Waals surface area contributed by atoms with Gasteiger partial charge in [-0.25, -0.2) is 9.67 Å². The number of fused-ring (bicyclic) bond motifs is 1. The Balaban J connectivity index is 2.18. The molecule has 102 valence electrons. The molecule has 8 heteroatoms. The molecule has 0 N–H and O–H groups in total. The molecule has 2 aromatic heterocycles. The maximum atomic E-state index is 6.16. The van der Waals surface area contributed by atoms with Crippen molar-refractivity contribution in [2.45, 2.75) is 30.5 Å². The van der Waals surface area contributed by atoms with Crippen LogP contribution in [0.2, 0.25) is 10.4 Å². The van der Waals surface area contributed by atoms with Crippen LogP contribution in [0.15, 0.2) is 5.03 Å². The van der Waals surface area contributed by atoms with E-state index in [-0.39, 0.29) is 11.5 Å². The molecular weight excluding hydrogens is 307 g/mol. The average molecular weight is 319 g/mol. The predicted molar refractivity (Wildman–Crippen MR) is 76.0 cm³/mol. The fourth-order valence-electron chi connectivity index (χ4n) is 2.20. The lowest BCUT2D eigenvalue weighted by Crippen LogP contribution is -2.19. The summed E-state index contributed by atoms with van der Waals surface area (Å²) in [6, 6.07) is 0. The molecule has 1 aliphatic heterocycles. The number of rotatable bonds is 2. The van der Waals surface area contributed by atoms with E-state index in [9.17, 15) is 0 Å². The Morgan fingerprint density at radius 1 is 1.32 bits per heavy atom. The molecule has 0 aromatic carbocycles. The number of thioether (sulfide) groups is 1. The first kappa shape index (κ1) is 13.4. The molecule has 1 aliphatic rings. The van der Waals surface area contributed by atoms with E-state index in [1.165, 1.54) is 11.8 Å². The zero-order valence-corrected chi connectivity index (χ0v) is 12.6. The molecule has 1 unspecified atom stereocenters. The summed E-state index contributed by atoms with van der Waals surface area (Å²) in [7, 11) is 0. The monoisotopic (exact) mass is 318 g/mol. The van der Waals surface area contributed by atoms with Crippen molar-refractivity contribution in [3.8, 4) is 0 Å². The topological polar surface area (TPSA) is 52.8 Å². The Morgan fingerprint density at radius 3 is 2.84 bits per heavy atom. The zero-order chi connectivity index (χ0) is 13.4. The quantitative estimate of drug-likeness (QED) is 0.481. The lowest BCUT2D eigenvalue weighted by Gasteiger charge is -2.22. The van der Waals surface area contributed by atoms with Crippen LogP contribution in [-0.4, -0.2) is 32.6 Å². The first-order chi connectivity index (χ1) is 9.20. The van der Waals surface area contributed by atoms with Gasteiger partial charge in [-0.1, -0.05) is 11.6 Å². The first-order valence-corrected chi connectivity index (χ1v) is 7.95. The van der Waals surface area contributed by atoms with Crippen LogP contribution in [-0.2, 0) is 4.74 Å². The second kappa shape index (κ2) is 5.44. The van der Waals surface area contributed by atoms with Gasteiger partial charge in [0.15, 0.2) is 11.9 Å². The Hall–Kier alpha value is -0.560. The van der Waals surface area contributed by atoms with Crippen LogP contribution in [0.5, 0.6) is 0 Å². The van der Waals surface area contributed by atoms with Gasteiger partial charge in [0.2, 0.25) is 5.28 Å². The fraction of sp³-hybridized carbons (Fsp3) is 0.545. The van der Waals surface area contributed by atoms with E-state index in [0.717, 1.165) is 36.3 Å². The van der Waals surface area contributed by atoms with Crippen molar-refractivity contribution in [1.29, 1.82) is 0 Å². The molecule has 0 aliphatic carbocycles. The maximum absolute atomic E-state index is 6.16. The van der Waals surface area contributed by atoms with Gasteiger partial charge >= 0.3 is 0 Å². The van der Waals surface area contributed by atoms with Crippen molar-refractivity contribution >= 4 is 46.0 Å². The van der Waals surface area contributed by atoms with E-state index in [1.54, 1.807) is 4.68 Å². The Labute approximate surface area is 124 Å². The molecular formula is C11H12Cl2N4OS. The molecule has 1 saturated heterocycles. The van der Waals surface area contributed by atoms with Gasteiger partial charge in [0, 0.05) is 6.61 Å². The van der Waals surface area contributed by atoms with Gasteiger partial charge < -0.3 is 4.74 Å². The van der Waals surface area contributed by atoms with E-state index in [1.807, 2.05) is 6.26 Å². The number of nitrogens with zero attached hydrogens (tertiary/aromatic N) is 4. The van der Waals surface area contributed by atoms with Crippen LogP contribution in [0.4, 0.5) is 0 Å². The molecule has 3 heterocycles. The molecule has 19 heavy (non-hydrogen) atoms. The van der Waals surface area contributed by atoms with E-state index in [2.05, 4.69) is 15.1 Å². The molecule has 1 fully saturated rings. The van der Waals surface area contributed by atoms with Crippen molar-refractivity contribution in [2.24, 2.45) is 0 Å². The van der Waals surface area contributed by atoms with E-state index < -0.39 is 0 Å². The van der Waals surface area contributed by atoms with E-state index >= 15 is 0 Å². The van der Waals surface area contributed by atoms with Crippen LogP contribution >= 0.6 is 35.0 Å². The van der Waals surface area contributed by atoms with Gasteiger partial charge in [0.25, 0.3) is 0 Å². The largest absolute Gasteiger partial charge is 0.356 e. The molecule has 0 radical (unpaired) electrons. The highest BCUT2D eigenvalue weighted by Crippen LogP contribution is 2.34. The highest BCUT2D eigenvalue weighted by atomic mass is 35.5. The minimum atomic E-state index is -0.0980. The highest BCUT2D eigenvalue weighted by Gasteiger charge is 2.24. The lowest BCUT2D eigenvalue weighted by atomic mass is 10.2. The number of halogens is 2. The van der Waals surface area contributed by atoms with Crippen molar-refractivity contribution in [2.75, 3.05) is 12.9 Å². The van der Waals surface area contributed by atoms with Gasteiger partial charge in [-0.2, -0.15) is 10.1 Å². The van der Waals surface area contributed by atoms with Gasteiger partial charge in [-0.05, 0) is 37.1 Å². The number of aromatic nitrogens is 4. The molecule has 3 rings (SSSR count). The highest BCUT2D eigenvalue weighted by molar-refractivity contribution is 7.98. The fourth-order valence-corrected chi connectivity index (χ4v) is 3.28. The van der Waals surface area contributed by atoms with Gasteiger partial charge in [-0.15, -0.1) is 11.8 Å². The van der Waals surface area contributed by atoms with E-state index in [0.29, 0.717) is 10.8 Å². The summed E-state index contributed by atoms with van der Waals surface area (Å²) in [5.41, 5.74) is 0.640. The van der Waals surface area contributed by atoms with Crippen LogP contribution in [0.3, 0.4) is 0 Å². The first-order valence-electron chi connectivity index (χ1n) is 5.97. The minimum Gasteiger partial charge on any atom is -0.356 e. The average Bonchev–Trinajstić information content (AvgIpc) is 2.78. The lowest BCUT2D eigenvalue weighted by molar-refractivity contribution is -0.0376. The summed E-state index contributed by atoms with van der Waals surface area (Å²) in [5, 5.41) is 6.54. The van der Waals surface area contributed by atoms with Crippen molar-refractivity contribution in [3.63, 3.8) is 0 Å². The molecule has 0 amide bonds. The summed E-state index contributed by atoms with van der Waals surface area (Å²) < 4.78 is 7.53. The van der Waals surface area contributed by atoms with Crippen molar-refractivity contribution < 1.29 is 4.74 Å². The standard InChI is InChI=1S/C11H12Cl2N4OS/c1-19-10-7-8(12)14-11(13)15-9(7)17(16-10)6-4-2-3-5-18-6/h6H,2-5H2,1H3. The second-order valence-corrected chi connectivity index (χ2v) is 5.75. The Morgan fingerprint density at radius 2 is 2.16 bits per heavy atom. The second-order valence-electron chi connectivity index (χ2n) is 4.26. The van der Waals surface area contributed by atoms with Crippen molar-refractivity contribution in [1.82, 2.24) is 19.7 Å². The van der Waals surface area contributed by atoms with Crippen molar-refractivity contribution in [3.05, 3.63) is 10.4 Å². The predicted octanol–water partition coefficient (Wildman–Crippen LogP) is 3.55. The smallest absolute Gasteiger partial charge is 0.225 e.